The van der Waals surface area contributed by atoms with Gasteiger partial charge in [0.05, 0.1) is 18.3 Å². The second kappa shape index (κ2) is 7.89. The molecule has 0 unspecified atom stereocenters. The maximum Gasteiger partial charge on any atom is 0.315 e. The molecule has 0 spiro atoms. The molecule has 2 N–H and O–H groups in total. The number of carbonyl (C=O) groups excluding carboxylic acids is 1. The highest BCUT2D eigenvalue weighted by molar-refractivity contribution is 5.74. The van der Waals surface area contributed by atoms with Crippen molar-refractivity contribution in [3.63, 3.8) is 0 Å². The molecule has 1 heterocycles. The van der Waals surface area contributed by atoms with Gasteiger partial charge in [0.25, 0.3) is 0 Å². The summed E-state index contributed by atoms with van der Waals surface area (Å²) < 4.78 is 5.49. The van der Waals surface area contributed by atoms with E-state index in [1.165, 1.54) is 0 Å². The first-order valence-corrected chi connectivity index (χ1v) is 6.89. The maximum absolute atomic E-state index is 11.7. The van der Waals surface area contributed by atoms with Crippen molar-refractivity contribution in [1.82, 2.24) is 15.6 Å². The molecule has 0 saturated heterocycles. The summed E-state index contributed by atoms with van der Waals surface area (Å²) in [4.78, 5) is 15.9. The van der Waals surface area contributed by atoms with Crippen LogP contribution in [0.5, 0.6) is 5.75 Å². The van der Waals surface area contributed by atoms with Gasteiger partial charge in [0, 0.05) is 6.20 Å². The number of para-hydroxylation sites is 1. The van der Waals surface area contributed by atoms with Gasteiger partial charge in [-0.1, -0.05) is 24.3 Å². The average molecular weight is 285 g/mol. The normalized spacial score (nSPS) is 11.5. The van der Waals surface area contributed by atoms with Gasteiger partial charge in [0.15, 0.2) is 0 Å². The molecular formula is C16H19N3O2. The smallest absolute Gasteiger partial charge is 0.315 e. The Labute approximate surface area is 124 Å². The highest BCUT2D eigenvalue weighted by Crippen LogP contribution is 2.08. The summed E-state index contributed by atoms with van der Waals surface area (Å²) in [5.41, 5.74) is 0.827. The van der Waals surface area contributed by atoms with Gasteiger partial charge in [-0.3, -0.25) is 4.98 Å². The van der Waals surface area contributed by atoms with E-state index in [-0.39, 0.29) is 12.1 Å². The van der Waals surface area contributed by atoms with Crippen LogP contribution in [-0.4, -0.2) is 24.2 Å². The minimum absolute atomic E-state index is 0.138. The lowest BCUT2D eigenvalue weighted by Crippen LogP contribution is -2.39. The molecule has 1 atom stereocenters. The molecule has 21 heavy (non-hydrogen) atoms. The number of ether oxygens (including phenoxy) is 1. The van der Waals surface area contributed by atoms with E-state index in [4.69, 9.17) is 4.74 Å². The number of nitrogens with one attached hydrogen (secondary N) is 2. The fraction of sp³-hybridized carbons (Fsp3) is 0.250. The zero-order valence-corrected chi connectivity index (χ0v) is 12.0. The second-order valence-electron chi connectivity index (χ2n) is 4.54. The van der Waals surface area contributed by atoms with Crippen molar-refractivity contribution < 1.29 is 9.53 Å². The highest BCUT2D eigenvalue weighted by atomic mass is 16.5. The van der Waals surface area contributed by atoms with Crippen LogP contribution in [0.2, 0.25) is 0 Å². The summed E-state index contributed by atoms with van der Waals surface area (Å²) in [6.07, 6.45) is 1.71. The van der Waals surface area contributed by atoms with E-state index < -0.39 is 0 Å². The maximum atomic E-state index is 11.7. The molecule has 1 aromatic heterocycles. The minimum Gasteiger partial charge on any atom is -0.492 e. The van der Waals surface area contributed by atoms with Gasteiger partial charge in [-0.25, -0.2) is 4.79 Å². The van der Waals surface area contributed by atoms with Gasteiger partial charge < -0.3 is 15.4 Å². The van der Waals surface area contributed by atoms with E-state index in [1.54, 1.807) is 6.20 Å². The molecule has 0 bridgehead atoms. The van der Waals surface area contributed by atoms with Crippen LogP contribution in [0.3, 0.4) is 0 Å². The number of pyridine rings is 1. The average Bonchev–Trinajstić information content (AvgIpc) is 2.53. The summed E-state index contributed by atoms with van der Waals surface area (Å²) >= 11 is 0. The molecule has 110 valence electrons. The number of rotatable bonds is 6. The summed E-state index contributed by atoms with van der Waals surface area (Å²) in [5.74, 6) is 0.793. The standard InChI is InChI=1S/C16H19N3O2/c1-13(15-9-5-6-10-17-15)19-16(20)18-11-12-21-14-7-3-2-4-8-14/h2-10,13H,11-12H2,1H3,(H2,18,19,20)/t13-/m0/s1. The molecule has 2 aromatic rings. The number of nitrogens with zero attached hydrogens (tertiary/aromatic N) is 1. The van der Waals surface area contributed by atoms with Crippen LogP contribution >= 0.6 is 0 Å². The molecule has 1 aromatic carbocycles. The lowest BCUT2D eigenvalue weighted by atomic mass is 10.2. The van der Waals surface area contributed by atoms with Crippen LogP contribution in [0.15, 0.2) is 54.7 Å². The number of hydrogen-bond donors (Lipinski definition) is 2. The fourth-order valence-electron chi connectivity index (χ4n) is 1.80. The van der Waals surface area contributed by atoms with Gasteiger partial charge in [0.1, 0.15) is 12.4 Å². The van der Waals surface area contributed by atoms with Crippen LogP contribution in [0.4, 0.5) is 4.79 Å². The van der Waals surface area contributed by atoms with Gasteiger partial charge in [-0.15, -0.1) is 0 Å². The number of amides is 2. The predicted octanol–water partition coefficient (Wildman–Crippen LogP) is 2.52. The molecule has 0 aliphatic heterocycles. The van der Waals surface area contributed by atoms with Crippen LogP contribution in [0.25, 0.3) is 0 Å². The fourth-order valence-corrected chi connectivity index (χ4v) is 1.80. The molecule has 0 aliphatic carbocycles. The quantitative estimate of drug-likeness (QED) is 0.802. The van der Waals surface area contributed by atoms with E-state index in [0.29, 0.717) is 13.2 Å². The van der Waals surface area contributed by atoms with Crippen LogP contribution in [-0.2, 0) is 0 Å². The summed E-state index contributed by atoms with van der Waals surface area (Å²) in [6.45, 7) is 2.76. The van der Waals surface area contributed by atoms with E-state index in [0.717, 1.165) is 11.4 Å². The molecule has 0 radical (unpaired) electrons. The monoisotopic (exact) mass is 285 g/mol. The third-order valence-corrected chi connectivity index (χ3v) is 2.88. The van der Waals surface area contributed by atoms with Crippen molar-refractivity contribution in [3.05, 3.63) is 60.4 Å². The van der Waals surface area contributed by atoms with Crippen LogP contribution in [0, 0.1) is 0 Å². The van der Waals surface area contributed by atoms with Crippen LogP contribution < -0.4 is 15.4 Å². The van der Waals surface area contributed by atoms with Crippen molar-refractivity contribution in [2.45, 2.75) is 13.0 Å². The number of hydrogen-bond acceptors (Lipinski definition) is 3. The third kappa shape index (κ3) is 5.14. The molecule has 0 aliphatic rings. The summed E-state index contributed by atoms with van der Waals surface area (Å²) in [6, 6.07) is 14.7. The van der Waals surface area contributed by atoms with Crippen molar-refractivity contribution in [3.8, 4) is 5.75 Å². The Kier molecular flexibility index (Phi) is 5.58. The number of benzene rings is 1. The van der Waals surface area contributed by atoms with Crippen molar-refractivity contribution in [2.75, 3.05) is 13.2 Å². The predicted molar refractivity (Wildman–Crippen MR) is 81.1 cm³/mol. The Bertz CT molecular complexity index is 546. The van der Waals surface area contributed by atoms with Gasteiger partial charge >= 0.3 is 6.03 Å². The number of urea groups is 1. The molecule has 2 amide bonds. The van der Waals surface area contributed by atoms with Crippen LogP contribution in [0.1, 0.15) is 18.7 Å². The van der Waals surface area contributed by atoms with Gasteiger partial charge in [-0.05, 0) is 31.2 Å². The Morgan fingerprint density at radius 2 is 1.95 bits per heavy atom. The first kappa shape index (κ1) is 14.8. The Balaban J connectivity index is 1.66. The molecule has 2 rings (SSSR count). The number of carbonyl (C=O) groups is 1. The van der Waals surface area contributed by atoms with Gasteiger partial charge in [-0.2, -0.15) is 0 Å². The largest absolute Gasteiger partial charge is 0.492 e. The van der Waals surface area contributed by atoms with Crippen molar-refractivity contribution in [2.24, 2.45) is 0 Å². The topological polar surface area (TPSA) is 63.2 Å². The first-order valence-electron chi connectivity index (χ1n) is 6.89. The van der Waals surface area contributed by atoms with E-state index in [2.05, 4.69) is 15.6 Å². The van der Waals surface area contributed by atoms with E-state index in [9.17, 15) is 4.79 Å². The SMILES string of the molecule is C[C@H](NC(=O)NCCOc1ccccc1)c1ccccn1. The zero-order chi connectivity index (χ0) is 14.9. The lowest BCUT2D eigenvalue weighted by Gasteiger charge is -2.14. The van der Waals surface area contributed by atoms with E-state index >= 15 is 0 Å². The molecule has 0 saturated carbocycles. The molecule has 5 nitrogen and oxygen atoms in total. The molecule has 0 fully saturated rings. The van der Waals surface area contributed by atoms with E-state index in [1.807, 2.05) is 55.5 Å². The van der Waals surface area contributed by atoms with Crippen molar-refractivity contribution >= 4 is 6.03 Å². The van der Waals surface area contributed by atoms with Crippen molar-refractivity contribution in [1.29, 1.82) is 0 Å². The second-order valence-corrected chi connectivity index (χ2v) is 4.54. The minimum atomic E-state index is -0.232. The van der Waals surface area contributed by atoms with Gasteiger partial charge in [0.2, 0.25) is 0 Å². The first-order chi connectivity index (χ1) is 10.3. The Hall–Kier alpha value is -2.56. The Morgan fingerprint density at radius 3 is 2.67 bits per heavy atom. The Morgan fingerprint density at radius 1 is 1.19 bits per heavy atom. The molecule has 5 heteroatoms. The zero-order valence-electron chi connectivity index (χ0n) is 12.0. The molecular weight excluding hydrogens is 266 g/mol. The summed E-state index contributed by atoms with van der Waals surface area (Å²) in [5, 5.41) is 5.58. The summed E-state index contributed by atoms with van der Waals surface area (Å²) in [7, 11) is 0. The highest BCUT2D eigenvalue weighted by Gasteiger charge is 2.09. The number of aromatic nitrogens is 1. The third-order valence-electron chi connectivity index (χ3n) is 2.88. The lowest BCUT2D eigenvalue weighted by molar-refractivity contribution is 0.233.